The van der Waals surface area contributed by atoms with Crippen LogP contribution in [0.5, 0.6) is 0 Å². The van der Waals surface area contributed by atoms with E-state index in [2.05, 4.69) is 69.3 Å². The Balaban J connectivity index is 1.75. The highest BCUT2D eigenvalue weighted by Gasteiger charge is 2.36. The summed E-state index contributed by atoms with van der Waals surface area (Å²) in [6, 6.07) is 17.8. The third kappa shape index (κ3) is 3.96. The van der Waals surface area contributed by atoms with E-state index in [1.54, 1.807) is 0 Å². The Hall–Kier alpha value is -2.19. The van der Waals surface area contributed by atoms with Crippen molar-refractivity contribution < 1.29 is 9.53 Å². The molecule has 152 valence electrons. The summed E-state index contributed by atoms with van der Waals surface area (Å²) in [7, 11) is 0. The van der Waals surface area contributed by atoms with Gasteiger partial charge in [0, 0.05) is 12.3 Å². The Morgan fingerprint density at radius 2 is 1.52 bits per heavy atom. The molecule has 1 aliphatic carbocycles. The summed E-state index contributed by atoms with van der Waals surface area (Å²) in [5.41, 5.74) is 2.77. The van der Waals surface area contributed by atoms with E-state index < -0.39 is 0 Å². The van der Waals surface area contributed by atoms with E-state index >= 15 is 0 Å². The minimum atomic E-state index is 0.0366. The summed E-state index contributed by atoms with van der Waals surface area (Å²) in [5.74, 6) is 0.638. The highest BCUT2D eigenvalue weighted by molar-refractivity contribution is 5.98. The van der Waals surface area contributed by atoms with Crippen LogP contribution in [0, 0.1) is 11.8 Å². The third-order valence-electron chi connectivity index (χ3n) is 6.86. The summed E-state index contributed by atoms with van der Waals surface area (Å²) in [5, 5.41) is 5.14. The van der Waals surface area contributed by atoms with Crippen molar-refractivity contribution in [1.29, 1.82) is 0 Å². The van der Waals surface area contributed by atoms with Gasteiger partial charge in [0.2, 0.25) is 0 Å². The summed E-state index contributed by atoms with van der Waals surface area (Å²) >= 11 is 0. The van der Waals surface area contributed by atoms with E-state index in [0.29, 0.717) is 12.2 Å². The lowest BCUT2D eigenvalue weighted by atomic mass is 9.73. The van der Waals surface area contributed by atoms with Gasteiger partial charge in [0.25, 0.3) is 0 Å². The fraction of sp³-hybridized carbons (Fsp3) is 0.444. The van der Waals surface area contributed by atoms with Crippen LogP contribution < -0.4 is 0 Å². The second-order valence-electron chi connectivity index (χ2n) is 8.74. The average Bonchev–Trinajstić information content (AvgIpc) is 2.74. The molecule has 0 aliphatic heterocycles. The topological polar surface area (TPSA) is 26.3 Å². The number of ether oxygens (including phenoxy) is 1. The fourth-order valence-electron chi connectivity index (χ4n) is 4.82. The van der Waals surface area contributed by atoms with E-state index in [-0.39, 0.29) is 24.0 Å². The van der Waals surface area contributed by atoms with Gasteiger partial charge >= 0.3 is 0 Å². The molecule has 2 nitrogen and oxygen atoms in total. The smallest absolute Gasteiger partial charge is 0.135 e. The van der Waals surface area contributed by atoms with Gasteiger partial charge in [-0.15, -0.1) is 0 Å². The predicted octanol–water partition coefficient (Wildman–Crippen LogP) is 6.51. The number of hydrogen-bond donors (Lipinski definition) is 0. The van der Waals surface area contributed by atoms with Gasteiger partial charge < -0.3 is 4.74 Å². The largest absolute Gasteiger partial charge is 0.375 e. The standard InChI is InChI=1S/C27H32O2/c1-5-17(3)29-27-16-24-14-22-12-20-10-8-7-9-19(20)11-21(22)13-23(24)15-25(27)18(4)26(28)6-2/h7-14,17-18,25,27H,5-6,15-16H2,1-4H3/t17-,18?,25?,27?/m1/s1. The molecular weight excluding hydrogens is 356 g/mol. The lowest BCUT2D eigenvalue weighted by molar-refractivity contribution is -0.127. The Labute approximate surface area is 174 Å². The number of carbonyl (C=O) groups is 1. The van der Waals surface area contributed by atoms with Crippen molar-refractivity contribution in [2.45, 2.75) is 65.6 Å². The molecule has 0 heterocycles. The average molecular weight is 389 g/mol. The zero-order valence-electron chi connectivity index (χ0n) is 18.1. The summed E-state index contributed by atoms with van der Waals surface area (Å²) in [6.45, 7) is 8.38. The molecule has 2 heteroatoms. The molecular formula is C27H32O2. The van der Waals surface area contributed by atoms with Gasteiger partial charge in [-0.05, 0) is 76.9 Å². The maximum absolute atomic E-state index is 12.5. The van der Waals surface area contributed by atoms with Crippen molar-refractivity contribution in [3.8, 4) is 0 Å². The SMILES string of the molecule is CCC(=O)C(C)C1Cc2cc3cc4ccccc4cc3cc2CC1O[C@H](C)CC. The Morgan fingerprint density at radius 3 is 2.07 bits per heavy atom. The second-order valence-corrected chi connectivity index (χ2v) is 8.74. The van der Waals surface area contributed by atoms with Crippen molar-refractivity contribution in [1.82, 2.24) is 0 Å². The fourth-order valence-corrected chi connectivity index (χ4v) is 4.82. The minimum absolute atomic E-state index is 0.0366. The van der Waals surface area contributed by atoms with Crippen LogP contribution in [-0.2, 0) is 22.4 Å². The van der Waals surface area contributed by atoms with Crippen molar-refractivity contribution in [3.05, 3.63) is 59.7 Å². The third-order valence-corrected chi connectivity index (χ3v) is 6.86. The first-order chi connectivity index (χ1) is 14.0. The van der Waals surface area contributed by atoms with Gasteiger partial charge in [-0.3, -0.25) is 4.79 Å². The zero-order chi connectivity index (χ0) is 20.5. The molecule has 0 saturated heterocycles. The minimum Gasteiger partial charge on any atom is -0.375 e. The Kier molecular flexibility index (Phi) is 5.74. The number of Topliss-reactive ketones (excluding diaryl/α,β-unsaturated/α-hetero) is 1. The molecule has 0 aromatic heterocycles. The van der Waals surface area contributed by atoms with Crippen molar-refractivity contribution in [3.63, 3.8) is 0 Å². The quantitative estimate of drug-likeness (QED) is 0.450. The monoisotopic (exact) mass is 388 g/mol. The van der Waals surface area contributed by atoms with E-state index in [1.165, 1.54) is 32.7 Å². The van der Waals surface area contributed by atoms with Gasteiger partial charge in [0.15, 0.2) is 0 Å². The van der Waals surface area contributed by atoms with E-state index in [1.807, 2.05) is 6.92 Å². The lowest BCUT2D eigenvalue weighted by Gasteiger charge is -2.37. The van der Waals surface area contributed by atoms with Crippen molar-refractivity contribution >= 4 is 27.3 Å². The van der Waals surface area contributed by atoms with Gasteiger partial charge in [-0.1, -0.05) is 57.2 Å². The first kappa shape index (κ1) is 20.1. The molecule has 0 N–H and O–H groups in total. The van der Waals surface area contributed by atoms with Gasteiger partial charge in [-0.25, -0.2) is 0 Å². The number of rotatable bonds is 6. The van der Waals surface area contributed by atoms with Crippen LogP contribution in [0.4, 0.5) is 0 Å². The van der Waals surface area contributed by atoms with E-state index in [0.717, 1.165) is 19.3 Å². The molecule has 0 bridgehead atoms. The molecule has 3 aromatic carbocycles. The number of hydrogen-bond acceptors (Lipinski definition) is 2. The van der Waals surface area contributed by atoms with Crippen LogP contribution in [0.3, 0.4) is 0 Å². The summed E-state index contributed by atoms with van der Waals surface area (Å²) < 4.78 is 6.46. The number of ketones is 1. The van der Waals surface area contributed by atoms with Gasteiger partial charge in [0.1, 0.15) is 5.78 Å². The summed E-state index contributed by atoms with van der Waals surface area (Å²) in [6.07, 6.45) is 3.75. The molecule has 0 saturated carbocycles. The van der Waals surface area contributed by atoms with Crippen LogP contribution in [0.25, 0.3) is 21.5 Å². The molecule has 29 heavy (non-hydrogen) atoms. The molecule has 1 aliphatic rings. The van der Waals surface area contributed by atoms with Crippen LogP contribution in [0.1, 0.15) is 51.7 Å². The molecule has 0 spiro atoms. The van der Waals surface area contributed by atoms with Crippen LogP contribution in [-0.4, -0.2) is 18.0 Å². The molecule has 0 amide bonds. The maximum atomic E-state index is 12.5. The number of carbonyl (C=O) groups excluding carboxylic acids is 1. The van der Waals surface area contributed by atoms with Crippen molar-refractivity contribution in [2.75, 3.05) is 0 Å². The molecule has 4 atom stereocenters. The van der Waals surface area contributed by atoms with Gasteiger partial charge in [0.05, 0.1) is 12.2 Å². The normalized spacial score (nSPS) is 21.1. The molecule has 3 unspecified atom stereocenters. The molecule has 3 aromatic rings. The predicted molar refractivity (Wildman–Crippen MR) is 121 cm³/mol. The van der Waals surface area contributed by atoms with Crippen LogP contribution >= 0.6 is 0 Å². The van der Waals surface area contributed by atoms with Crippen molar-refractivity contribution in [2.24, 2.45) is 11.8 Å². The highest BCUT2D eigenvalue weighted by atomic mass is 16.5. The van der Waals surface area contributed by atoms with E-state index in [4.69, 9.17) is 4.74 Å². The zero-order valence-corrected chi connectivity index (χ0v) is 18.1. The van der Waals surface area contributed by atoms with Crippen LogP contribution in [0.15, 0.2) is 48.5 Å². The van der Waals surface area contributed by atoms with Crippen LogP contribution in [0.2, 0.25) is 0 Å². The summed E-state index contributed by atoms with van der Waals surface area (Å²) in [4.78, 5) is 12.5. The van der Waals surface area contributed by atoms with Gasteiger partial charge in [-0.2, -0.15) is 0 Å². The molecule has 4 rings (SSSR count). The molecule has 0 radical (unpaired) electrons. The Bertz CT molecular complexity index is 1040. The molecule has 0 fully saturated rings. The number of fused-ring (bicyclic) bond motifs is 3. The highest BCUT2D eigenvalue weighted by Crippen LogP contribution is 2.37. The lowest BCUT2D eigenvalue weighted by Crippen LogP contribution is -2.40. The number of benzene rings is 3. The Morgan fingerprint density at radius 1 is 0.931 bits per heavy atom. The second kappa shape index (κ2) is 8.28. The maximum Gasteiger partial charge on any atom is 0.135 e. The first-order valence-corrected chi connectivity index (χ1v) is 11.1. The first-order valence-electron chi connectivity index (χ1n) is 11.1. The van der Waals surface area contributed by atoms with E-state index in [9.17, 15) is 4.79 Å².